The highest BCUT2D eigenvalue weighted by atomic mass is 19.1. The number of hydrogen-bond acceptors (Lipinski definition) is 5. The van der Waals surface area contributed by atoms with E-state index in [4.69, 9.17) is 0 Å². The fourth-order valence-electron chi connectivity index (χ4n) is 5.41. The van der Waals surface area contributed by atoms with Gasteiger partial charge in [-0.05, 0) is 68.1 Å². The first kappa shape index (κ1) is 24.1. The minimum atomic E-state index is -0.997. The van der Waals surface area contributed by atoms with Crippen molar-refractivity contribution in [2.45, 2.75) is 38.8 Å². The first-order valence-electron chi connectivity index (χ1n) is 12.2. The van der Waals surface area contributed by atoms with E-state index in [9.17, 15) is 18.4 Å². The van der Waals surface area contributed by atoms with E-state index in [1.54, 1.807) is 12.4 Å². The molecule has 1 fully saturated rings. The zero-order valence-electron chi connectivity index (χ0n) is 20.1. The summed E-state index contributed by atoms with van der Waals surface area (Å²) in [6, 6.07) is 12.2. The Morgan fingerprint density at radius 1 is 1.08 bits per heavy atom. The molecule has 2 atom stereocenters. The molecule has 3 heterocycles. The third kappa shape index (κ3) is 4.75. The maximum absolute atomic E-state index is 14.5. The summed E-state index contributed by atoms with van der Waals surface area (Å²) in [5.41, 5.74) is 4.28. The molecular weight excluding hydrogens is 460 g/mol. The van der Waals surface area contributed by atoms with Gasteiger partial charge in [0.15, 0.2) is 11.6 Å². The molecule has 0 radical (unpaired) electrons. The number of carbonyl (C=O) groups is 2. The second kappa shape index (κ2) is 10.2. The van der Waals surface area contributed by atoms with E-state index >= 15 is 0 Å². The van der Waals surface area contributed by atoms with Crippen LogP contribution in [0.4, 0.5) is 8.78 Å². The molecule has 0 amide bonds. The van der Waals surface area contributed by atoms with Gasteiger partial charge in [0.2, 0.25) is 0 Å². The topological polar surface area (TPSA) is 62.6 Å². The molecule has 0 N–H and O–H groups in total. The van der Waals surface area contributed by atoms with Gasteiger partial charge in [0, 0.05) is 47.6 Å². The van der Waals surface area contributed by atoms with Crippen molar-refractivity contribution in [3.8, 4) is 0 Å². The summed E-state index contributed by atoms with van der Waals surface area (Å²) in [6.07, 6.45) is 5.33. The average Bonchev–Trinajstić information content (AvgIpc) is 3.30. The number of aromatic nitrogens is 1. The van der Waals surface area contributed by atoms with Crippen LogP contribution in [0.2, 0.25) is 0 Å². The van der Waals surface area contributed by atoms with Gasteiger partial charge in [0.05, 0.1) is 18.3 Å². The highest BCUT2D eigenvalue weighted by Gasteiger charge is 2.34. The number of aliphatic imine (C=N–C) groups is 1. The lowest BCUT2D eigenvalue weighted by atomic mass is 9.88. The first-order valence-corrected chi connectivity index (χ1v) is 12.2. The van der Waals surface area contributed by atoms with Crippen LogP contribution in [-0.4, -0.2) is 40.3 Å². The van der Waals surface area contributed by atoms with E-state index in [2.05, 4.69) is 9.98 Å². The van der Waals surface area contributed by atoms with Crippen molar-refractivity contribution in [2.75, 3.05) is 13.1 Å². The minimum absolute atomic E-state index is 0.00970. The second-order valence-corrected chi connectivity index (χ2v) is 9.55. The fourth-order valence-corrected chi connectivity index (χ4v) is 5.41. The SMILES string of the molecule is CC(=O)C(c1c(F)cccc1F)N1CCC[C@@H](CC(=O)c2ccc3c(c2)C(c2ccncc2)=NC3)C1. The molecule has 36 heavy (non-hydrogen) atoms. The third-order valence-corrected chi connectivity index (χ3v) is 7.10. The quantitative estimate of drug-likeness (QED) is 0.423. The van der Waals surface area contributed by atoms with Gasteiger partial charge in [-0.25, -0.2) is 8.78 Å². The fraction of sp³-hybridized carbons (Fsp3) is 0.310. The maximum Gasteiger partial charge on any atom is 0.163 e. The Morgan fingerprint density at radius 3 is 2.56 bits per heavy atom. The molecular formula is C29H27F2N3O2. The highest BCUT2D eigenvalue weighted by Crippen LogP contribution is 2.33. The Bertz CT molecular complexity index is 1320. The van der Waals surface area contributed by atoms with Gasteiger partial charge in [0.25, 0.3) is 0 Å². The van der Waals surface area contributed by atoms with Crippen molar-refractivity contribution in [1.82, 2.24) is 9.88 Å². The number of halogens is 2. The molecule has 0 bridgehead atoms. The Kier molecular flexibility index (Phi) is 6.83. The summed E-state index contributed by atoms with van der Waals surface area (Å²) in [6.45, 7) is 2.92. The predicted molar refractivity (Wildman–Crippen MR) is 133 cm³/mol. The van der Waals surface area contributed by atoms with E-state index in [1.165, 1.54) is 25.1 Å². The summed E-state index contributed by atoms with van der Waals surface area (Å²) in [7, 11) is 0. The highest BCUT2D eigenvalue weighted by molar-refractivity contribution is 6.16. The standard InChI is InChI=1S/C29H27F2N3O2/c1-18(35)29(27-24(30)5-2-6-25(27)31)34-13-3-4-19(17-34)14-26(36)21-7-8-22-16-33-28(23(22)15-21)20-9-11-32-12-10-20/h2,5-12,15,19,29H,3-4,13-14,16-17H2,1H3/t19-,29?/m0/s1. The molecule has 1 aromatic heterocycles. The monoisotopic (exact) mass is 487 g/mol. The van der Waals surface area contributed by atoms with Crippen molar-refractivity contribution < 1.29 is 18.4 Å². The molecule has 3 aromatic rings. The van der Waals surface area contributed by atoms with Crippen molar-refractivity contribution in [3.05, 3.63) is 100 Å². The number of rotatable bonds is 7. The molecule has 0 spiro atoms. The molecule has 1 saturated heterocycles. The molecule has 0 aliphatic carbocycles. The number of ketones is 2. The number of carbonyl (C=O) groups excluding carboxylic acids is 2. The number of Topliss-reactive ketones (excluding diaryl/α,β-unsaturated/α-hetero) is 2. The summed E-state index contributed by atoms with van der Waals surface area (Å²) in [4.78, 5) is 36.3. The number of fused-ring (bicyclic) bond motifs is 1. The molecule has 2 aromatic carbocycles. The van der Waals surface area contributed by atoms with E-state index in [0.29, 0.717) is 31.6 Å². The van der Waals surface area contributed by atoms with Crippen LogP contribution in [0.5, 0.6) is 0 Å². The molecule has 5 rings (SSSR count). The van der Waals surface area contributed by atoms with Crippen molar-refractivity contribution >= 4 is 17.3 Å². The normalized spacial score (nSPS) is 18.4. The molecule has 1 unspecified atom stereocenters. The van der Waals surface area contributed by atoms with Crippen LogP contribution in [0, 0.1) is 17.6 Å². The largest absolute Gasteiger partial charge is 0.298 e. The lowest BCUT2D eigenvalue weighted by Gasteiger charge is -2.37. The Morgan fingerprint density at radius 2 is 1.83 bits per heavy atom. The third-order valence-electron chi connectivity index (χ3n) is 7.10. The molecule has 7 heteroatoms. The van der Waals surface area contributed by atoms with E-state index in [0.717, 1.165) is 35.2 Å². The average molecular weight is 488 g/mol. The van der Waals surface area contributed by atoms with Gasteiger partial charge in [-0.1, -0.05) is 18.2 Å². The second-order valence-electron chi connectivity index (χ2n) is 9.55. The summed E-state index contributed by atoms with van der Waals surface area (Å²) >= 11 is 0. The molecule has 5 nitrogen and oxygen atoms in total. The number of hydrogen-bond donors (Lipinski definition) is 0. The first-order chi connectivity index (χ1) is 17.4. The van der Waals surface area contributed by atoms with Crippen molar-refractivity contribution in [3.63, 3.8) is 0 Å². The van der Waals surface area contributed by atoms with Crippen LogP contribution in [0.15, 0.2) is 65.9 Å². The van der Waals surface area contributed by atoms with Crippen molar-refractivity contribution in [1.29, 1.82) is 0 Å². The minimum Gasteiger partial charge on any atom is -0.298 e. The number of likely N-dealkylation sites (tertiary alicyclic amines) is 1. The van der Waals surface area contributed by atoms with Crippen LogP contribution in [-0.2, 0) is 11.3 Å². The van der Waals surface area contributed by atoms with Gasteiger partial charge in [0.1, 0.15) is 11.6 Å². The number of pyridine rings is 1. The van der Waals surface area contributed by atoms with Gasteiger partial charge < -0.3 is 0 Å². The van der Waals surface area contributed by atoms with Crippen LogP contribution < -0.4 is 0 Å². The lowest BCUT2D eigenvalue weighted by Crippen LogP contribution is -2.42. The van der Waals surface area contributed by atoms with Gasteiger partial charge in [-0.2, -0.15) is 0 Å². The van der Waals surface area contributed by atoms with Gasteiger partial charge in [-0.3, -0.25) is 24.5 Å². The van der Waals surface area contributed by atoms with Crippen molar-refractivity contribution in [2.24, 2.45) is 10.9 Å². The lowest BCUT2D eigenvalue weighted by molar-refractivity contribution is -0.123. The van der Waals surface area contributed by atoms with E-state index < -0.39 is 17.7 Å². The van der Waals surface area contributed by atoms with E-state index in [1.807, 2.05) is 35.2 Å². The Labute approximate surface area is 208 Å². The predicted octanol–water partition coefficient (Wildman–Crippen LogP) is 5.33. The summed E-state index contributed by atoms with van der Waals surface area (Å²) < 4.78 is 29.0. The van der Waals surface area contributed by atoms with E-state index in [-0.39, 0.29) is 23.0 Å². The van der Waals surface area contributed by atoms with Crippen LogP contribution in [0.3, 0.4) is 0 Å². The Balaban J connectivity index is 1.33. The molecule has 2 aliphatic heterocycles. The molecule has 184 valence electrons. The zero-order valence-corrected chi connectivity index (χ0v) is 20.1. The summed E-state index contributed by atoms with van der Waals surface area (Å²) in [5.74, 6) is -1.75. The maximum atomic E-state index is 14.5. The summed E-state index contributed by atoms with van der Waals surface area (Å²) in [5, 5.41) is 0. The van der Waals surface area contributed by atoms with Crippen LogP contribution >= 0.6 is 0 Å². The molecule has 0 saturated carbocycles. The van der Waals surface area contributed by atoms with Crippen LogP contribution in [0.1, 0.15) is 64.8 Å². The van der Waals surface area contributed by atoms with Gasteiger partial charge >= 0.3 is 0 Å². The number of nitrogens with zero attached hydrogens (tertiary/aromatic N) is 3. The number of piperidine rings is 1. The number of benzene rings is 2. The smallest absolute Gasteiger partial charge is 0.163 e. The van der Waals surface area contributed by atoms with Crippen LogP contribution in [0.25, 0.3) is 0 Å². The molecule has 2 aliphatic rings. The zero-order chi connectivity index (χ0) is 25.2. The Hall–Kier alpha value is -3.58. The van der Waals surface area contributed by atoms with Gasteiger partial charge in [-0.15, -0.1) is 0 Å².